The number of hydrogen-bond donors (Lipinski definition) is 1. The number of aryl methyl sites for hydroxylation is 1. The molecular weight excluding hydrogens is 214 g/mol. The second kappa shape index (κ2) is 5.83. The topological polar surface area (TPSA) is 12.0 Å². The summed E-state index contributed by atoms with van der Waals surface area (Å²) in [5.41, 5.74) is 0. The Morgan fingerprint density at radius 3 is 2.81 bits per heavy atom. The Kier molecular flexibility index (Phi) is 4.42. The summed E-state index contributed by atoms with van der Waals surface area (Å²) in [5, 5.41) is 5.81. The first-order chi connectivity index (χ1) is 7.75. The molecule has 1 heterocycles. The van der Waals surface area contributed by atoms with Crippen LogP contribution in [0.25, 0.3) is 0 Å². The van der Waals surface area contributed by atoms with E-state index in [2.05, 4.69) is 36.7 Å². The molecule has 1 saturated carbocycles. The molecule has 2 atom stereocenters. The van der Waals surface area contributed by atoms with Crippen LogP contribution in [0.1, 0.15) is 38.0 Å². The Morgan fingerprint density at radius 2 is 2.19 bits per heavy atom. The molecule has 16 heavy (non-hydrogen) atoms. The van der Waals surface area contributed by atoms with Crippen LogP contribution in [-0.2, 0) is 6.42 Å². The van der Waals surface area contributed by atoms with E-state index in [4.69, 9.17) is 0 Å². The largest absolute Gasteiger partial charge is 0.314 e. The zero-order valence-corrected chi connectivity index (χ0v) is 11.2. The lowest BCUT2D eigenvalue weighted by Gasteiger charge is -2.20. The van der Waals surface area contributed by atoms with Gasteiger partial charge >= 0.3 is 0 Å². The van der Waals surface area contributed by atoms with E-state index in [9.17, 15) is 0 Å². The second-order valence-electron chi connectivity index (χ2n) is 5.26. The number of hydrogen-bond acceptors (Lipinski definition) is 2. The van der Waals surface area contributed by atoms with Crippen molar-refractivity contribution < 1.29 is 0 Å². The Labute approximate surface area is 103 Å². The molecule has 2 unspecified atom stereocenters. The minimum absolute atomic E-state index is 0.806. The summed E-state index contributed by atoms with van der Waals surface area (Å²) < 4.78 is 0. The number of rotatable bonds is 7. The lowest BCUT2D eigenvalue weighted by molar-refractivity contribution is 0.347. The molecule has 1 N–H and O–H groups in total. The molecule has 0 spiro atoms. The Morgan fingerprint density at radius 1 is 1.38 bits per heavy atom. The lowest BCUT2D eigenvalue weighted by atomic mass is 9.91. The molecule has 1 nitrogen and oxygen atoms in total. The lowest BCUT2D eigenvalue weighted by Crippen LogP contribution is -2.27. The van der Waals surface area contributed by atoms with Crippen LogP contribution in [-0.4, -0.2) is 12.6 Å². The third-order valence-corrected chi connectivity index (χ3v) is 4.64. The van der Waals surface area contributed by atoms with Crippen LogP contribution in [0.15, 0.2) is 17.5 Å². The quantitative estimate of drug-likeness (QED) is 0.762. The summed E-state index contributed by atoms with van der Waals surface area (Å²) in [5.74, 6) is 1.63. The van der Waals surface area contributed by atoms with Crippen molar-refractivity contribution in [3.63, 3.8) is 0 Å². The highest BCUT2D eigenvalue weighted by Gasteiger charge is 2.22. The fraction of sp³-hybridized carbons (Fsp3) is 0.714. The van der Waals surface area contributed by atoms with Crippen LogP contribution in [0.2, 0.25) is 0 Å². The predicted octanol–water partition coefficient (Wildman–Crippen LogP) is 3.70. The Hall–Kier alpha value is -0.340. The van der Waals surface area contributed by atoms with E-state index in [1.54, 1.807) is 0 Å². The summed E-state index contributed by atoms with van der Waals surface area (Å²) in [6, 6.07) is 5.26. The average Bonchev–Trinajstić information content (AvgIpc) is 2.97. The maximum atomic E-state index is 3.63. The highest BCUT2D eigenvalue weighted by atomic mass is 32.1. The van der Waals surface area contributed by atoms with Gasteiger partial charge in [-0.1, -0.05) is 19.9 Å². The first kappa shape index (κ1) is 12.1. The van der Waals surface area contributed by atoms with E-state index in [1.165, 1.54) is 37.1 Å². The molecule has 2 rings (SSSR count). The monoisotopic (exact) mass is 237 g/mol. The van der Waals surface area contributed by atoms with Gasteiger partial charge in [-0.15, -0.1) is 11.3 Å². The van der Waals surface area contributed by atoms with Crippen LogP contribution >= 0.6 is 11.3 Å². The molecule has 0 saturated heterocycles. The molecule has 0 aromatic carbocycles. The van der Waals surface area contributed by atoms with E-state index >= 15 is 0 Å². The molecule has 90 valence electrons. The molecule has 1 aromatic heterocycles. The van der Waals surface area contributed by atoms with Gasteiger partial charge in [-0.25, -0.2) is 0 Å². The maximum Gasteiger partial charge on any atom is 0.00683 e. The van der Waals surface area contributed by atoms with Gasteiger partial charge in [0.2, 0.25) is 0 Å². The molecular formula is C14H23NS. The van der Waals surface area contributed by atoms with Crippen LogP contribution in [0.3, 0.4) is 0 Å². The van der Waals surface area contributed by atoms with Crippen molar-refractivity contribution in [1.29, 1.82) is 0 Å². The first-order valence-corrected chi connectivity index (χ1v) is 7.39. The van der Waals surface area contributed by atoms with Gasteiger partial charge in [0.1, 0.15) is 0 Å². The van der Waals surface area contributed by atoms with Crippen LogP contribution < -0.4 is 5.32 Å². The van der Waals surface area contributed by atoms with Gasteiger partial charge in [0, 0.05) is 10.9 Å². The third kappa shape index (κ3) is 3.91. The van der Waals surface area contributed by atoms with Crippen molar-refractivity contribution in [2.24, 2.45) is 11.8 Å². The normalized spacial score (nSPS) is 19.6. The Bertz CT molecular complexity index is 290. The van der Waals surface area contributed by atoms with Crippen molar-refractivity contribution in [3.05, 3.63) is 22.4 Å². The molecule has 0 bridgehead atoms. The van der Waals surface area contributed by atoms with Gasteiger partial charge < -0.3 is 5.32 Å². The number of thiophene rings is 1. The summed E-state index contributed by atoms with van der Waals surface area (Å²) in [4.78, 5) is 1.54. The average molecular weight is 237 g/mol. The molecule has 0 amide bonds. The minimum Gasteiger partial charge on any atom is -0.314 e. The molecule has 1 aromatic rings. The number of nitrogens with one attached hydrogen (secondary N) is 1. The first-order valence-electron chi connectivity index (χ1n) is 6.51. The standard InChI is InChI=1S/C14H23NS/c1-11(5-8-14-4-3-9-16-14)12(2)10-15-13-6-7-13/h3-4,9,11-13,15H,5-8,10H2,1-2H3. The summed E-state index contributed by atoms with van der Waals surface area (Å²) in [7, 11) is 0. The van der Waals surface area contributed by atoms with Crippen LogP contribution in [0.5, 0.6) is 0 Å². The van der Waals surface area contributed by atoms with Gasteiger partial charge in [0.15, 0.2) is 0 Å². The molecule has 1 aliphatic carbocycles. The third-order valence-electron chi connectivity index (χ3n) is 3.70. The van der Waals surface area contributed by atoms with E-state index in [-0.39, 0.29) is 0 Å². The van der Waals surface area contributed by atoms with Crippen molar-refractivity contribution in [1.82, 2.24) is 5.32 Å². The zero-order chi connectivity index (χ0) is 11.4. The van der Waals surface area contributed by atoms with E-state index in [0.29, 0.717) is 0 Å². The van der Waals surface area contributed by atoms with Crippen LogP contribution in [0.4, 0.5) is 0 Å². The molecule has 2 heteroatoms. The molecule has 0 aliphatic heterocycles. The highest BCUT2D eigenvalue weighted by molar-refractivity contribution is 7.09. The second-order valence-corrected chi connectivity index (χ2v) is 6.29. The van der Waals surface area contributed by atoms with Crippen LogP contribution in [0, 0.1) is 11.8 Å². The van der Waals surface area contributed by atoms with Crippen molar-refractivity contribution >= 4 is 11.3 Å². The zero-order valence-electron chi connectivity index (χ0n) is 10.4. The fourth-order valence-corrected chi connectivity index (χ4v) is 2.68. The van der Waals surface area contributed by atoms with Gasteiger partial charge in [-0.05, 0) is 55.5 Å². The Balaban J connectivity index is 1.63. The van der Waals surface area contributed by atoms with Crippen molar-refractivity contribution in [2.45, 2.75) is 45.6 Å². The smallest absolute Gasteiger partial charge is 0.00683 e. The molecule has 1 fully saturated rings. The van der Waals surface area contributed by atoms with Gasteiger partial charge in [0.25, 0.3) is 0 Å². The van der Waals surface area contributed by atoms with Gasteiger partial charge in [0.05, 0.1) is 0 Å². The van der Waals surface area contributed by atoms with Gasteiger partial charge in [-0.2, -0.15) is 0 Å². The summed E-state index contributed by atoms with van der Waals surface area (Å²) in [6.45, 7) is 5.98. The molecule has 0 radical (unpaired) electrons. The van der Waals surface area contributed by atoms with E-state index in [1.807, 2.05) is 11.3 Å². The minimum atomic E-state index is 0.806. The van der Waals surface area contributed by atoms with E-state index < -0.39 is 0 Å². The van der Waals surface area contributed by atoms with Gasteiger partial charge in [-0.3, -0.25) is 0 Å². The van der Waals surface area contributed by atoms with Crippen molar-refractivity contribution in [3.8, 4) is 0 Å². The summed E-state index contributed by atoms with van der Waals surface area (Å²) in [6.07, 6.45) is 5.38. The highest BCUT2D eigenvalue weighted by Crippen LogP contribution is 2.22. The van der Waals surface area contributed by atoms with Crippen molar-refractivity contribution in [2.75, 3.05) is 6.54 Å². The maximum absolute atomic E-state index is 3.63. The molecule has 1 aliphatic rings. The predicted molar refractivity (Wildman–Crippen MR) is 72.0 cm³/mol. The summed E-state index contributed by atoms with van der Waals surface area (Å²) >= 11 is 1.89. The van der Waals surface area contributed by atoms with E-state index in [0.717, 1.165) is 17.9 Å². The SMILES string of the molecule is CC(CCc1cccs1)C(C)CNC1CC1. The fourth-order valence-electron chi connectivity index (χ4n) is 1.95.